The average molecular weight is 254 g/mol. The lowest BCUT2D eigenvalue weighted by Crippen LogP contribution is -2.31. The molecule has 1 aromatic rings. The largest absolute Gasteiger partial charge is 0.338 e. The van der Waals surface area contributed by atoms with Crippen molar-refractivity contribution in [2.24, 2.45) is 11.7 Å². The van der Waals surface area contributed by atoms with Crippen molar-refractivity contribution in [3.8, 4) is 0 Å². The summed E-state index contributed by atoms with van der Waals surface area (Å²) >= 11 is 0. The predicted octanol–water partition coefficient (Wildman–Crippen LogP) is 2.00. The molecule has 0 aliphatic carbocycles. The fourth-order valence-electron chi connectivity index (χ4n) is 1.58. The molecule has 1 aromatic heterocycles. The molecule has 0 bridgehead atoms. The van der Waals surface area contributed by atoms with Crippen LogP contribution in [0, 0.1) is 5.92 Å². The lowest BCUT2D eigenvalue weighted by atomic mass is 10.0. The smallest absolute Gasteiger partial charge is 0.240 e. The van der Waals surface area contributed by atoms with E-state index < -0.39 is 0 Å². The van der Waals surface area contributed by atoms with E-state index in [1.807, 2.05) is 7.05 Å². The maximum Gasteiger partial charge on any atom is 0.240 e. The zero-order valence-corrected chi connectivity index (χ0v) is 12.2. The Hall–Kier alpha value is -0.940. The van der Waals surface area contributed by atoms with E-state index >= 15 is 0 Å². The first-order chi connectivity index (χ1) is 8.40. The first-order valence-corrected chi connectivity index (χ1v) is 6.66. The molecule has 0 spiro atoms. The molecule has 0 aliphatic heterocycles. The lowest BCUT2D eigenvalue weighted by molar-refractivity contribution is 0.252. The van der Waals surface area contributed by atoms with Gasteiger partial charge in [0, 0.05) is 12.0 Å². The summed E-state index contributed by atoms with van der Waals surface area (Å²) in [6.45, 7) is 10.0. The number of nitrogens with zero attached hydrogens (tertiary/aromatic N) is 3. The summed E-state index contributed by atoms with van der Waals surface area (Å²) in [4.78, 5) is 6.53. The number of hydrogen-bond acceptors (Lipinski definition) is 5. The van der Waals surface area contributed by atoms with Crippen LogP contribution in [0.4, 0.5) is 0 Å². The van der Waals surface area contributed by atoms with Crippen molar-refractivity contribution in [2.45, 2.75) is 52.6 Å². The van der Waals surface area contributed by atoms with Crippen LogP contribution in [0.1, 0.15) is 51.7 Å². The van der Waals surface area contributed by atoms with Crippen molar-refractivity contribution >= 4 is 0 Å². The zero-order valence-electron chi connectivity index (χ0n) is 12.2. The third-order valence-corrected chi connectivity index (χ3v) is 3.11. The first-order valence-electron chi connectivity index (χ1n) is 6.66. The molecule has 1 rings (SSSR count). The van der Waals surface area contributed by atoms with Gasteiger partial charge in [-0.25, -0.2) is 0 Å². The average Bonchev–Trinajstić information content (AvgIpc) is 2.74. The normalized spacial score (nSPS) is 13.8. The predicted molar refractivity (Wildman–Crippen MR) is 72.2 cm³/mol. The molecule has 104 valence electrons. The second-order valence-corrected chi connectivity index (χ2v) is 5.64. The fraction of sp³-hybridized carbons (Fsp3) is 0.846. The highest BCUT2D eigenvalue weighted by molar-refractivity contribution is 4.91. The summed E-state index contributed by atoms with van der Waals surface area (Å²) < 4.78 is 5.22. The molecule has 0 aromatic carbocycles. The van der Waals surface area contributed by atoms with Crippen LogP contribution in [0.15, 0.2) is 4.52 Å². The van der Waals surface area contributed by atoms with E-state index in [0.29, 0.717) is 24.3 Å². The highest BCUT2D eigenvalue weighted by Gasteiger charge is 2.13. The van der Waals surface area contributed by atoms with E-state index in [0.717, 1.165) is 18.8 Å². The van der Waals surface area contributed by atoms with Crippen LogP contribution >= 0.6 is 0 Å². The summed E-state index contributed by atoms with van der Waals surface area (Å²) in [5, 5.41) is 3.95. The molecule has 5 nitrogen and oxygen atoms in total. The van der Waals surface area contributed by atoms with Gasteiger partial charge in [0.2, 0.25) is 5.89 Å². The lowest BCUT2D eigenvalue weighted by Gasteiger charge is -2.19. The van der Waals surface area contributed by atoms with Crippen molar-refractivity contribution in [3.05, 3.63) is 11.7 Å². The summed E-state index contributed by atoms with van der Waals surface area (Å²) in [6.07, 6.45) is 0.985. The van der Waals surface area contributed by atoms with Gasteiger partial charge in [0.05, 0.1) is 6.54 Å². The van der Waals surface area contributed by atoms with Crippen LogP contribution in [0.2, 0.25) is 0 Å². The second kappa shape index (κ2) is 6.85. The van der Waals surface area contributed by atoms with Gasteiger partial charge in [-0.05, 0) is 25.9 Å². The van der Waals surface area contributed by atoms with Gasteiger partial charge in [0.15, 0.2) is 5.82 Å². The number of rotatable bonds is 7. The number of hydrogen-bond donors (Lipinski definition) is 1. The van der Waals surface area contributed by atoms with Gasteiger partial charge in [0.1, 0.15) is 0 Å². The Kier molecular flexibility index (Phi) is 5.75. The molecule has 2 N–H and O–H groups in total. The van der Waals surface area contributed by atoms with Crippen molar-refractivity contribution in [2.75, 3.05) is 13.6 Å². The van der Waals surface area contributed by atoms with E-state index in [-0.39, 0.29) is 6.04 Å². The van der Waals surface area contributed by atoms with E-state index in [4.69, 9.17) is 10.3 Å². The Bertz CT molecular complexity index is 349. The molecular weight excluding hydrogens is 228 g/mol. The van der Waals surface area contributed by atoms with Gasteiger partial charge >= 0.3 is 0 Å². The molecule has 1 heterocycles. The standard InChI is InChI=1S/C13H26N4O/c1-9(2)11(14)6-7-17(5)8-12-15-13(10(3)4)16-18-12/h9-11H,6-8,14H2,1-5H3. The van der Waals surface area contributed by atoms with Crippen molar-refractivity contribution in [1.29, 1.82) is 0 Å². The molecule has 0 aliphatic rings. The SMILES string of the molecule is CC(C)c1noc(CN(C)CCC(N)C(C)C)n1. The summed E-state index contributed by atoms with van der Waals surface area (Å²) in [6, 6.07) is 0.251. The summed E-state index contributed by atoms with van der Waals surface area (Å²) in [5.41, 5.74) is 6.02. The second-order valence-electron chi connectivity index (χ2n) is 5.64. The van der Waals surface area contributed by atoms with Crippen LogP contribution in [-0.2, 0) is 6.54 Å². The minimum atomic E-state index is 0.251. The molecule has 1 unspecified atom stereocenters. The van der Waals surface area contributed by atoms with Crippen LogP contribution < -0.4 is 5.73 Å². The van der Waals surface area contributed by atoms with Crippen molar-refractivity contribution in [3.63, 3.8) is 0 Å². The highest BCUT2D eigenvalue weighted by Crippen LogP contribution is 2.11. The molecular formula is C13H26N4O. The molecule has 0 saturated carbocycles. The summed E-state index contributed by atoms with van der Waals surface area (Å²) in [7, 11) is 2.05. The van der Waals surface area contributed by atoms with E-state index in [9.17, 15) is 0 Å². The van der Waals surface area contributed by atoms with Crippen LogP contribution in [0.5, 0.6) is 0 Å². The van der Waals surface area contributed by atoms with Crippen LogP contribution in [0.3, 0.4) is 0 Å². The number of aromatic nitrogens is 2. The monoisotopic (exact) mass is 254 g/mol. The van der Waals surface area contributed by atoms with E-state index in [2.05, 4.69) is 42.7 Å². The Labute approximate surface area is 110 Å². The van der Waals surface area contributed by atoms with Crippen molar-refractivity contribution in [1.82, 2.24) is 15.0 Å². The maximum absolute atomic E-state index is 6.02. The highest BCUT2D eigenvalue weighted by atomic mass is 16.5. The Balaban J connectivity index is 2.37. The van der Waals surface area contributed by atoms with Gasteiger partial charge < -0.3 is 10.3 Å². The first kappa shape index (κ1) is 15.1. The zero-order chi connectivity index (χ0) is 13.7. The topological polar surface area (TPSA) is 68.2 Å². The van der Waals surface area contributed by atoms with Gasteiger partial charge in [0.25, 0.3) is 0 Å². The van der Waals surface area contributed by atoms with Crippen LogP contribution in [0.25, 0.3) is 0 Å². The Morgan fingerprint density at radius 3 is 2.44 bits per heavy atom. The minimum Gasteiger partial charge on any atom is -0.338 e. The molecule has 18 heavy (non-hydrogen) atoms. The third-order valence-electron chi connectivity index (χ3n) is 3.11. The van der Waals surface area contributed by atoms with Gasteiger partial charge in [-0.1, -0.05) is 32.9 Å². The quantitative estimate of drug-likeness (QED) is 0.806. The van der Waals surface area contributed by atoms with Gasteiger partial charge in [-0.2, -0.15) is 4.98 Å². The van der Waals surface area contributed by atoms with E-state index in [1.54, 1.807) is 0 Å². The molecule has 0 amide bonds. The van der Waals surface area contributed by atoms with Crippen molar-refractivity contribution < 1.29 is 4.52 Å². The molecule has 0 saturated heterocycles. The maximum atomic E-state index is 6.02. The minimum absolute atomic E-state index is 0.251. The van der Waals surface area contributed by atoms with Gasteiger partial charge in [-0.15, -0.1) is 0 Å². The Morgan fingerprint density at radius 1 is 1.28 bits per heavy atom. The molecule has 5 heteroatoms. The summed E-state index contributed by atoms with van der Waals surface area (Å²) in [5.74, 6) is 2.29. The fourth-order valence-corrected chi connectivity index (χ4v) is 1.58. The molecule has 1 atom stereocenters. The van der Waals surface area contributed by atoms with E-state index in [1.165, 1.54) is 0 Å². The number of nitrogens with two attached hydrogens (primary N) is 1. The molecule has 0 fully saturated rings. The third kappa shape index (κ3) is 4.74. The van der Waals surface area contributed by atoms with Crippen LogP contribution in [-0.4, -0.2) is 34.7 Å². The molecule has 0 radical (unpaired) electrons. The van der Waals surface area contributed by atoms with Gasteiger partial charge in [-0.3, -0.25) is 4.90 Å². The Morgan fingerprint density at radius 2 is 1.94 bits per heavy atom.